The Morgan fingerprint density at radius 3 is 2.67 bits per heavy atom. The molecule has 0 radical (unpaired) electrons. The largest absolute Gasteiger partial charge is 0.343 e. The van der Waals surface area contributed by atoms with Gasteiger partial charge in [0.1, 0.15) is 0 Å². The molecule has 0 bridgehead atoms. The number of aldehydes is 1. The molecule has 0 fully saturated rings. The molecule has 2 heteroatoms. The minimum absolute atomic E-state index is 0.793. The van der Waals surface area contributed by atoms with Crippen LogP contribution in [-0.2, 0) is 13.0 Å². The zero-order valence-electron chi connectivity index (χ0n) is 7.71. The molecule has 0 saturated carbocycles. The van der Waals surface area contributed by atoms with Gasteiger partial charge < -0.3 is 4.57 Å². The molecular weight excluding hydrogens is 150 g/mol. The second-order valence-electron chi connectivity index (χ2n) is 2.86. The van der Waals surface area contributed by atoms with Crippen LogP contribution in [0.4, 0.5) is 0 Å². The van der Waals surface area contributed by atoms with Crippen LogP contribution in [0.3, 0.4) is 0 Å². The van der Waals surface area contributed by atoms with Crippen molar-refractivity contribution in [2.24, 2.45) is 0 Å². The number of carbonyl (C=O) groups excluding carboxylic acids is 1. The minimum atomic E-state index is 0.793. The smallest absolute Gasteiger partial charge is 0.166 e. The van der Waals surface area contributed by atoms with Gasteiger partial charge in [-0.1, -0.05) is 13.3 Å². The molecule has 0 aromatic carbocycles. The van der Waals surface area contributed by atoms with Crippen molar-refractivity contribution < 1.29 is 4.79 Å². The fourth-order valence-corrected chi connectivity index (χ4v) is 1.49. The maximum atomic E-state index is 10.6. The van der Waals surface area contributed by atoms with Gasteiger partial charge >= 0.3 is 0 Å². The van der Waals surface area contributed by atoms with Crippen LogP contribution >= 0.6 is 0 Å². The average Bonchev–Trinajstić information content (AvgIpc) is 2.47. The Bertz CT molecular complexity index is 263. The van der Waals surface area contributed by atoms with Gasteiger partial charge in [-0.3, -0.25) is 4.79 Å². The summed E-state index contributed by atoms with van der Waals surface area (Å²) < 4.78 is 2.07. The van der Waals surface area contributed by atoms with E-state index in [0.717, 1.165) is 31.4 Å². The number of rotatable bonds is 4. The molecular formula is C10H15NO. The first-order chi connectivity index (χ1) is 5.83. The van der Waals surface area contributed by atoms with E-state index < -0.39 is 0 Å². The van der Waals surface area contributed by atoms with Crippen molar-refractivity contribution in [3.8, 4) is 0 Å². The van der Waals surface area contributed by atoms with Gasteiger partial charge in [-0.2, -0.15) is 0 Å². The summed E-state index contributed by atoms with van der Waals surface area (Å²) in [6, 6.07) is 3.93. The standard InChI is InChI=1S/C10H15NO/c1-3-5-9-6-7-10(8-12)11(9)4-2/h6-8H,3-5H2,1-2H3. The van der Waals surface area contributed by atoms with Gasteiger partial charge in [0, 0.05) is 12.2 Å². The van der Waals surface area contributed by atoms with Crippen molar-refractivity contribution in [3.63, 3.8) is 0 Å². The topological polar surface area (TPSA) is 22.0 Å². The summed E-state index contributed by atoms with van der Waals surface area (Å²) >= 11 is 0. The maximum absolute atomic E-state index is 10.6. The van der Waals surface area contributed by atoms with Crippen LogP contribution < -0.4 is 0 Å². The van der Waals surface area contributed by atoms with Gasteiger partial charge in [0.2, 0.25) is 0 Å². The maximum Gasteiger partial charge on any atom is 0.166 e. The van der Waals surface area contributed by atoms with Crippen LogP contribution in [0.5, 0.6) is 0 Å². The summed E-state index contributed by atoms with van der Waals surface area (Å²) in [7, 11) is 0. The summed E-state index contributed by atoms with van der Waals surface area (Å²) in [5, 5.41) is 0. The Hall–Kier alpha value is -1.05. The summed E-state index contributed by atoms with van der Waals surface area (Å²) in [4.78, 5) is 10.6. The van der Waals surface area contributed by atoms with Crippen LogP contribution in [0.15, 0.2) is 12.1 Å². The van der Waals surface area contributed by atoms with Crippen molar-refractivity contribution in [1.82, 2.24) is 4.57 Å². The molecule has 12 heavy (non-hydrogen) atoms. The van der Waals surface area contributed by atoms with Crippen LogP contribution in [0.25, 0.3) is 0 Å². The van der Waals surface area contributed by atoms with Crippen LogP contribution in [0.2, 0.25) is 0 Å². The molecule has 0 spiro atoms. The SMILES string of the molecule is CCCc1ccc(C=O)n1CC. The molecule has 0 aliphatic carbocycles. The molecule has 0 unspecified atom stereocenters. The monoisotopic (exact) mass is 165 g/mol. The van der Waals surface area contributed by atoms with E-state index in [1.807, 2.05) is 12.1 Å². The first kappa shape index (κ1) is 9.04. The number of hydrogen-bond donors (Lipinski definition) is 0. The number of carbonyl (C=O) groups is 1. The van der Waals surface area contributed by atoms with E-state index in [1.54, 1.807) is 0 Å². The van der Waals surface area contributed by atoms with Gasteiger partial charge in [-0.15, -0.1) is 0 Å². The molecule has 1 aromatic rings. The average molecular weight is 165 g/mol. The third-order valence-electron chi connectivity index (χ3n) is 2.05. The molecule has 0 aliphatic rings. The van der Waals surface area contributed by atoms with E-state index in [9.17, 15) is 4.79 Å². The van der Waals surface area contributed by atoms with Crippen LogP contribution in [-0.4, -0.2) is 10.9 Å². The number of aryl methyl sites for hydroxylation is 1. The molecule has 0 N–H and O–H groups in total. The van der Waals surface area contributed by atoms with Crippen molar-refractivity contribution >= 4 is 6.29 Å². The molecule has 2 nitrogen and oxygen atoms in total. The van der Waals surface area contributed by atoms with E-state index in [2.05, 4.69) is 18.4 Å². The van der Waals surface area contributed by atoms with Crippen molar-refractivity contribution in [2.45, 2.75) is 33.2 Å². The summed E-state index contributed by atoms with van der Waals surface area (Å²) in [6.07, 6.45) is 3.10. The fraction of sp³-hybridized carbons (Fsp3) is 0.500. The zero-order chi connectivity index (χ0) is 8.97. The number of aromatic nitrogens is 1. The number of hydrogen-bond acceptors (Lipinski definition) is 1. The van der Waals surface area contributed by atoms with Gasteiger partial charge in [0.05, 0.1) is 5.69 Å². The zero-order valence-corrected chi connectivity index (χ0v) is 7.71. The quantitative estimate of drug-likeness (QED) is 0.627. The number of nitrogens with zero attached hydrogens (tertiary/aromatic N) is 1. The van der Waals surface area contributed by atoms with Gasteiger partial charge in [0.15, 0.2) is 6.29 Å². The minimum Gasteiger partial charge on any atom is -0.343 e. The third kappa shape index (κ3) is 1.58. The van der Waals surface area contributed by atoms with Crippen LogP contribution in [0.1, 0.15) is 36.5 Å². The van der Waals surface area contributed by atoms with E-state index >= 15 is 0 Å². The fourth-order valence-electron chi connectivity index (χ4n) is 1.49. The summed E-state index contributed by atoms with van der Waals surface area (Å²) in [5.41, 5.74) is 2.06. The highest BCUT2D eigenvalue weighted by Crippen LogP contribution is 2.09. The lowest BCUT2D eigenvalue weighted by molar-refractivity contribution is 0.111. The Morgan fingerprint density at radius 2 is 2.17 bits per heavy atom. The summed E-state index contributed by atoms with van der Waals surface area (Å²) in [6.45, 7) is 5.09. The van der Waals surface area contributed by atoms with E-state index in [4.69, 9.17) is 0 Å². The Labute approximate surface area is 73.2 Å². The first-order valence-corrected chi connectivity index (χ1v) is 4.47. The molecule has 0 saturated heterocycles. The second-order valence-corrected chi connectivity index (χ2v) is 2.86. The van der Waals surface area contributed by atoms with Crippen LogP contribution in [0, 0.1) is 0 Å². The Kier molecular flexibility index (Phi) is 3.09. The first-order valence-electron chi connectivity index (χ1n) is 4.47. The molecule has 66 valence electrons. The normalized spacial score (nSPS) is 10.2. The lowest BCUT2D eigenvalue weighted by Gasteiger charge is -2.06. The lowest BCUT2D eigenvalue weighted by atomic mass is 10.2. The van der Waals surface area contributed by atoms with Gasteiger partial charge in [-0.25, -0.2) is 0 Å². The predicted octanol–water partition coefficient (Wildman–Crippen LogP) is 2.27. The second kappa shape index (κ2) is 4.10. The predicted molar refractivity (Wildman–Crippen MR) is 49.5 cm³/mol. The highest BCUT2D eigenvalue weighted by Gasteiger charge is 2.03. The van der Waals surface area contributed by atoms with Crippen molar-refractivity contribution in [1.29, 1.82) is 0 Å². The third-order valence-corrected chi connectivity index (χ3v) is 2.05. The molecule has 1 aromatic heterocycles. The molecule has 0 amide bonds. The van der Waals surface area contributed by atoms with E-state index in [1.165, 1.54) is 5.69 Å². The highest BCUT2D eigenvalue weighted by molar-refractivity contribution is 5.72. The van der Waals surface area contributed by atoms with Gasteiger partial charge in [0.25, 0.3) is 0 Å². The Morgan fingerprint density at radius 1 is 1.42 bits per heavy atom. The summed E-state index contributed by atoms with van der Waals surface area (Å²) in [5.74, 6) is 0. The molecule has 1 rings (SSSR count). The molecule has 0 atom stereocenters. The molecule has 0 aliphatic heterocycles. The lowest BCUT2D eigenvalue weighted by Crippen LogP contribution is -2.03. The highest BCUT2D eigenvalue weighted by atomic mass is 16.1. The molecule has 1 heterocycles. The van der Waals surface area contributed by atoms with Crippen molar-refractivity contribution in [3.05, 3.63) is 23.5 Å². The van der Waals surface area contributed by atoms with Gasteiger partial charge in [-0.05, 0) is 25.5 Å². The Balaban J connectivity index is 2.96. The van der Waals surface area contributed by atoms with Crippen molar-refractivity contribution in [2.75, 3.05) is 0 Å². The van der Waals surface area contributed by atoms with E-state index in [-0.39, 0.29) is 0 Å². The van der Waals surface area contributed by atoms with E-state index in [0.29, 0.717) is 0 Å².